The second kappa shape index (κ2) is 8.82. The predicted octanol–water partition coefficient (Wildman–Crippen LogP) is 6.26. The van der Waals surface area contributed by atoms with Gasteiger partial charge in [-0.2, -0.15) is 0 Å². The highest BCUT2D eigenvalue weighted by atomic mass is 28.4. The van der Waals surface area contributed by atoms with Gasteiger partial charge in [-0.25, -0.2) is 0 Å². The lowest BCUT2D eigenvalue weighted by Crippen LogP contribution is -2.39. The molecule has 0 saturated heterocycles. The smallest absolute Gasteiger partial charge is 0.249 e. The lowest BCUT2D eigenvalue weighted by Gasteiger charge is -2.34. The normalized spacial score (nSPS) is 12.0. The molecule has 0 aliphatic carbocycles. The molecule has 0 atom stereocenters. The second-order valence-electron chi connectivity index (χ2n) is 7.12. The molecular formula is C20H30OSi. The lowest BCUT2D eigenvalue weighted by molar-refractivity contribution is 0.430. The third kappa shape index (κ3) is 6.97. The minimum atomic E-state index is -1.67. The van der Waals surface area contributed by atoms with E-state index in [0.717, 1.165) is 19.3 Å². The first-order valence-electron chi connectivity index (χ1n) is 8.11. The van der Waals surface area contributed by atoms with E-state index in [1.807, 2.05) is 18.4 Å². The molecule has 1 rings (SSSR count). The second-order valence-corrected chi connectivity index (χ2v) is 11.9. The summed E-state index contributed by atoms with van der Waals surface area (Å²) in [6.45, 7) is 11.2. The Morgan fingerprint density at radius 1 is 1.14 bits per heavy atom. The number of rotatable bonds is 7. The average Bonchev–Trinajstić information content (AvgIpc) is 2.45. The van der Waals surface area contributed by atoms with Crippen molar-refractivity contribution in [3.05, 3.63) is 66.1 Å². The minimum absolute atomic E-state index is 0.244. The van der Waals surface area contributed by atoms with Crippen molar-refractivity contribution < 1.29 is 4.43 Å². The highest BCUT2D eigenvalue weighted by Gasteiger charge is 2.37. The van der Waals surface area contributed by atoms with Crippen LogP contribution < -0.4 is 0 Å². The fourth-order valence-corrected chi connectivity index (χ4v) is 2.46. The highest BCUT2D eigenvalue weighted by molar-refractivity contribution is 6.74. The van der Waals surface area contributed by atoms with Crippen molar-refractivity contribution in [1.82, 2.24) is 0 Å². The Morgan fingerprint density at radius 3 is 2.45 bits per heavy atom. The van der Waals surface area contributed by atoms with Crippen molar-refractivity contribution in [2.45, 2.75) is 58.2 Å². The zero-order valence-electron chi connectivity index (χ0n) is 14.7. The number of unbranched alkanes of at least 4 members (excludes halogenated alkanes) is 1. The van der Waals surface area contributed by atoms with Crippen molar-refractivity contribution in [3.8, 4) is 0 Å². The molecule has 0 spiro atoms. The van der Waals surface area contributed by atoms with Gasteiger partial charge in [0.15, 0.2) is 0 Å². The third-order valence-electron chi connectivity index (χ3n) is 4.21. The third-order valence-corrected chi connectivity index (χ3v) is 8.55. The van der Waals surface area contributed by atoms with E-state index in [1.165, 1.54) is 5.56 Å². The van der Waals surface area contributed by atoms with Crippen LogP contribution in [0.1, 0.15) is 39.2 Å². The fourth-order valence-electron chi connectivity index (χ4n) is 1.69. The van der Waals surface area contributed by atoms with Crippen LogP contribution in [0.15, 0.2) is 60.6 Å². The standard InChI is InChI=1S/C20H30OSi/c1-20(2,3)22(4,5)21-18-14-9-7-6-8-11-15-19-16-12-10-13-17-19/h6,9-10,12-14,16-18H,8,11,15H2,1-5H3/b18-14+. The SMILES string of the molecule is CC(C)(C)[Si](C)(C)O/C=C/C=C=CCCCc1ccccc1. The van der Waals surface area contributed by atoms with E-state index >= 15 is 0 Å². The van der Waals surface area contributed by atoms with Gasteiger partial charge in [0.2, 0.25) is 8.32 Å². The van der Waals surface area contributed by atoms with Crippen LogP contribution in [0.2, 0.25) is 18.1 Å². The number of benzene rings is 1. The molecule has 0 bridgehead atoms. The maximum absolute atomic E-state index is 5.95. The van der Waals surface area contributed by atoms with Crippen molar-refractivity contribution in [2.24, 2.45) is 0 Å². The molecule has 22 heavy (non-hydrogen) atoms. The highest BCUT2D eigenvalue weighted by Crippen LogP contribution is 2.36. The van der Waals surface area contributed by atoms with Crippen LogP contribution in [0.3, 0.4) is 0 Å². The molecule has 0 N–H and O–H groups in total. The monoisotopic (exact) mass is 314 g/mol. The van der Waals surface area contributed by atoms with E-state index in [2.05, 4.69) is 76.0 Å². The molecule has 0 aromatic heterocycles. The Kier molecular flexibility index (Phi) is 7.44. The first kappa shape index (κ1) is 18.5. The number of allylic oxidation sites excluding steroid dienone is 2. The first-order chi connectivity index (χ1) is 10.3. The van der Waals surface area contributed by atoms with E-state index in [4.69, 9.17) is 4.43 Å². The minimum Gasteiger partial charge on any atom is -0.549 e. The van der Waals surface area contributed by atoms with E-state index in [0.29, 0.717) is 0 Å². The van der Waals surface area contributed by atoms with Crippen LogP contribution in [-0.4, -0.2) is 8.32 Å². The molecule has 0 heterocycles. The molecule has 0 unspecified atom stereocenters. The van der Waals surface area contributed by atoms with Gasteiger partial charge in [0.25, 0.3) is 0 Å². The molecule has 1 aromatic rings. The summed E-state index contributed by atoms with van der Waals surface area (Å²) in [5, 5.41) is 0.244. The van der Waals surface area contributed by atoms with Gasteiger partial charge in [0.1, 0.15) is 0 Å². The van der Waals surface area contributed by atoms with Gasteiger partial charge in [0, 0.05) is 0 Å². The molecule has 0 aliphatic rings. The van der Waals surface area contributed by atoms with Crippen molar-refractivity contribution in [1.29, 1.82) is 0 Å². The predicted molar refractivity (Wildman–Crippen MR) is 99.5 cm³/mol. The van der Waals surface area contributed by atoms with Gasteiger partial charge in [-0.15, -0.1) is 5.73 Å². The van der Waals surface area contributed by atoms with Gasteiger partial charge in [-0.3, -0.25) is 0 Å². The van der Waals surface area contributed by atoms with Gasteiger partial charge in [-0.1, -0.05) is 51.1 Å². The Morgan fingerprint density at radius 2 is 1.82 bits per heavy atom. The number of hydrogen-bond acceptors (Lipinski definition) is 1. The van der Waals surface area contributed by atoms with Gasteiger partial charge >= 0.3 is 0 Å². The van der Waals surface area contributed by atoms with E-state index in [9.17, 15) is 0 Å². The Hall–Kier alpha value is -1.50. The van der Waals surface area contributed by atoms with Crippen molar-refractivity contribution >= 4 is 8.32 Å². The topological polar surface area (TPSA) is 9.23 Å². The summed E-state index contributed by atoms with van der Waals surface area (Å²) in [4.78, 5) is 0. The molecule has 1 nitrogen and oxygen atoms in total. The van der Waals surface area contributed by atoms with E-state index in [-0.39, 0.29) is 5.04 Å². The molecule has 0 saturated carbocycles. The molecule has 0 fully saturated rings. The summed E-state index contributed by atoms with van der Waals surface area (Å²) < 4.78 is 5.95. The van der Waals surface area contributed by atoms with E-state index in [1.54, 1.807) is 0 Å². The number of aryl methyl sites for hydroxylation is 1. The van der Waals surface area contributed by atoms with E-state index < -0.39 is 8.32 Å². The summed E-state index contributed by atoms with van der Waals surface area (Å²) in [7, 11) is -1.67. The molecule has 120 valence electrons. The largest absolute Gasteiger partial charge is 0.549 e. The van der Waals surface area contributed by atoms with Gasteiger partial charge < -0.3 is 4.43 Å². The zero-order valence-corrected chi connectivity index (χ0v) is 15.7. The zero-order chi connectivity index (χ0) is 16.5. The quantitative estimate of drug-likeness (QED) is 0.190. The van der Waals surface area contributed by atoms with Crippen LogP contribution >= 0.6 is 0 Å². The molecule has 1 aromatic carbocycles. The first-order valence-corrected chi connectivity index (χ1v) is 11.0. The van der Waals surface area contributed by atoms with Crippen LogP contribution in [0.4, 0.5) is 0 Å². The Labute approximate surface area is 137 Å². The summed E-state index contributed by atoms with van der Waals surface area (Å²) in [6, 6.07) is 10.6. The molecule has 0 aliphatic heterocycles. The lowest BCUT2D eigenvalue weighted by atomic mass is 10.1. The average molecular weight is 315 g/mol. The Bertz CT molecular complexity index is 514. The maximum Gasteiger partial charge on any atom is 0.249 e. The summed E-state index contributed by atoms with van der Waals surface area (Å²) in [6.07, 6.45) is 11.1. The summed E-state index contributed by atoms with van der Waals surface area (Å²) in [5.41, 5.74) is 4.60. The fraction of sp³-hybridized carbons (Fsp3) is 0.450. The van der Waals surface area contributed by atoms with Gasteiger partial charge in [-0.05, 0) is 61.2 Å². The van der Waals surface area contributed by atoms with Crippen LogP contribution in [-0.2, 0) is 10.8 Å². The van der Waals surface area contributed by atoms with Crippen LogP contribution in [0, 0.1) is 0 Å². The summed E-state index contributed by atoms with van der Waals surface area (Å²) in [5.74, 6) is 0. The van der Waals surface area contributed by atoms with Gasteiger partial charge in [0.05, 0.1) is 6.26 Å². The van der Waals surface area contributed by atoms with Crippen molar-refractivity contribution in [2.75, 3.05) is 0 Å². The van der Waals surface area contributed by atoms with Crippen LogP contribution in [0.5, 0.6) is 0 Å². The van der Waals surface area contributed by atoms with Crippen molar-refractivity contribution in [3.63, 3.8) is 0 Å². The number of hydrogen-bond donors (Lipinski definition) is 0. The maximum atomic E-state index is 5.95. The molecule has 0 radical (unpaired) electrons. The Balaban J connectivity index is 2.26. The molecular weight excluding hydrogens is 284 g/mol. The summed E-state index contributed by atoms with van der Waals surface area (Å²) >= 11 is 0. The molecule has 2 heteroatoms. The van der Waals surface area contributed by atoms with Crippen LogP contribution in [0.25, 0.3) is 0 Å². The molecule has 0 amide bonds.